The summed E-state index contributed by atoms with van der Waals surface area (Å²) in [6.45, 7) is 9.81. The standard InChI is InChI=1S/C19H37N5S/c1-4-20-18(21-14-17-15-22(2)10-11-23(17)3)24-12-13-25-19(16-24)8-6-5-7-9-19/h17H,4-16H2,1-3H3,(H,20,21). The number of likely N-dealkylation sites (N-methyl/N-ethyl adjacent to an activating group) is 2. The lowest BCUT2D eigenvalue weighted by Crippen LogP contribution is -2.54. The zero-order chi connectivity index (χ0) is 17.7. The van der Waals surface area contributed by atoms with Crippen LogP contribution in [0.3, 0.4) is 0 Å². The summed E-state index contributed by atoms with van der Waals surface area (Å²) in [5.74, 6) is 2.39. The summed E-state index contributed by atoms with van der Waals surface area (Å²) in [7, 11) is 4.47. The molecule has 1 unspecified atom stereocenters. The Kier molecular flexibility index (Phi) is 6.92. The van der Waals surface area contributed by atoms with Crippen molar-refractivity contribution in [2.75, 3.05) is 65.7 Å². The quantitative estimate of drug-likeness (QED) is 0.609. The first-order chi connectivity index (χ1) is 12.1. The highest BCUT2D eigenvalue weighted by molar-refractivity contribution is 8.00. The van der Waals surface area contributed by atoms with Crippen molar-refractivity contribution in [1.29, 1.82) is 0 Å². The number of nitrogens with one attached hydrogen (secondary N) is 1. The molecule has 144 valence electrons. The number of hydrogen-bond acceptors (Lipinski definition) is 4. The van der Waals surface area contributed by atoms with Crippen LogP contribution >= 0.6 is 11.8 Å². The van der Waals surface area contributed by atoms with Crippen LogP contribution in [0.25, 0.3) is 0 Å². The maximum absolute atomic E-state index is 5.08. The van der Waals surface area contributed by atoms with Crippen LogP contribution in [-0.2, 0) is 0 Å². The first-order valence-corrected chi connectivity index (χ1v) is 11.2. The predicted molar refractivity (Wildman–Crippen MR) is 110 cm³/mol. The zero-order valence-corrected chi connectivity index (χ0v) is 17.3. The van der Waals surface area contributed by atoms with E-state index in [4.69, 9.17) is 4.99 Å². The van der Waals surface area contributed by atoms with E-state index >= 15 is 0 Å². The molecular formula is C19H37N5S. The molecule has 0 radical (unpaired) electrons. The van der Waals surface area contributed by atoms with Gasteiger partial charge in [0.1, 0.15) is 0 Å². The molecule has 2 heterocycles. The molecule has 2 saturated heterocycles. The van der Waals surface area contributed by atoms with Gasteiger partial charge in [0.15, 0.2) is 5.96 Å². The van der Waals surface area contributed by atoms with E-state index < -0.39 is 0 Å². The highest BCUT2D eigenvalue weighted by Crippen LogP contribution is 2.42. The highest BCUT2D eigenvalue weighted by atomic mass is 32.2. The molecule has 0 aromatic carbocycles. The molecule has 0 aromatic heterocycles. The molecular weight excluding hydrogens is 330 g/mol. The van der Waals surface area contributed by atoms with Crippen LogP contribution in [-0.4, -0.2) is 97.1 Å². The largest absolute Gasteiger partial charge is 0.357 e. The predicted octanol–water partition coefficient (Wildman–Crippen LogP) is 1.95. The van der Waals surface area contributed by atoms with Crippen molar-refractivity contribution in [3.8, 4) is 0 Å². The van der Waals surface area contributed by atoms with Crippen molar-refractivity contribution in [2.45, 2.75) is 49.8 Å². The number of piperazine rings is 1. The van der Waals surface area contributed by atoms with Crippen LogP contribution in [0.5, 0.6) is 0 Å². The van der Waals surface area contributed by atoms with Gasteiger partial charge in [-0.25, -0.2) is 0 Å². The van der Waals surface area contributed by atoms with Crippen LogP contribution in [0.1, 0.15) is 39.0 Å². The molecule has 1 N–H and O–H groups in total. The number of thioether (sulfide) groups is 1. The number of aliphatic imine (C=N–C) groups is 1. The van der Waals surface area contributed by atoms with Gasteiger partial charge in [0.05, 0.1) is 6.54 Å². The molecule has 3 aliphatic rings. The van der Waals surface area contributed by atoms with Crippen LogP contribution in [0, 0.1) is 0 Å². The Labute approximate surface area is 158 Å². The minimum atomic E-state index is 0.495. The van der Waals surface area contributed by atoms with Gasteiger partial charge in [-0.2, -0.15) is 11.8 Å². The van der Waals surface area contributed by atoms with E-state index in [0.29, 0.717) is 10.8 Å². The van der Waals surface area contributed by atoms with Gasteiger partial charge in [0.25, 0.3) is 0 Å². The van der Waals surface area contributed by atoms with E-state index in [0.717, 1.165) is 38.7 Å². The Morgan fingerprint density at radius 1 is 1.16 bits per heavy atom. The smallest absolute Gasteiger partial charge is 0.194 e. The van der Waals surface area contributed by atoms with E-state index in [1.807, 2.05) is 0 Å². The summed E-state index contributed by atoms with van der Waals surface area (Å²) in [6.07, 6.45) is 7.03. The number of guanidine groups is 1. The lowest BCUT2D eigenvalue weighted by Gasteiger charge is -2.45. The molecule has 2 aliphatic heterocycles. The maximum Gasteiger partial charge on any atom is 0.194 e. The normalized spacial score (nSPS) is 29.2. The van der Waals surface area contributed by atoms with Crippen molar-refractivity contribution < 1.29 is 0 Å². The Hall–Kier alpha value is -0.460. The summed E-state index contributed by atoms with van der Waals surface area (Å²) >= 11 is 2.23. The van der Waals surface area contributed by atoms with Gasteiger partial charge in [-0.15, -0.1) is 0 Å². The second-order valence-electron chi connectivity index (χ2n) is 8.10. The van der Waals surface area contributed by atoms with Crippen LogP contribution in [0.2, 0.25) is 0 Å². The lowest BCUT2D eigenvalue weighted by atomic mass is 9.87. The molecule has 1 saturated carbocycles. The van der Waals surface area contributed by atoms with Crippen molar-refractivity contribution in [3.63, 3.8) is 0 Å². The second-order valence-corrected chi connectivity index (χ2v) is 9.67. The van der Waals surface area contributed by atoms with Crippen molar-refractivity contribution >= 4 is 17.7 Å². The van der Waals surface area contributed by atoms with Crippen LogP contribution in [0.15, 0.2) is 4.99 Å². The number of nitrogens with zero attached hydrogens (tertiary/aromatic N) is 4. The van der Waals surface area contributed by atoms with E-state index in [9.17, 15) is 0 Å². The zero-order valence-electron chi connectivity index (χ0n) is 16.5. The van der Waals surface area contributed by atoms with Crippen LogP contribution in [0.4, 0.5) is 0 Å². The molecule has 0 amide bonds. The summed E-state index contributed by atoms with van der Waals surface area (Å²) < 4.78 is 0.495. The van der Waals surface area contributed by atoms with Gasteiger partial charge in [0.2, 0.25) is 0 Å². The van der Waals surface area contributed by atoms with E-state index in [1.54, 1.807) is 0 Å². The molecule has 25 heavy (non-hydrogen) atoms. The summed E-state index contributed by atoms with van der Waals surface area (Å²) in [6, 6.07) is 0.537. The Morgan fingerprint density at radius 3 is 2.72 bits per heavy atom. The van der Waals surface area contributed by atoms with Crippen molar-refractivity contribution in [2.24, 2.45) is 4.99 Å². The molecule has 3 rings (SSSR count). The van der Waals surface area contributed by atoms with E-state index in [1.165, 1.54) is 50.9 Å². The third kappa shape index (κ3) is 5.04. The maximum atomic E-state index is 5.08. The Balaban J connectivity index is 1.64. The van der Waals surface area contributed by atoms with Gasteiger partial charge < -0.3 is 15.1 Å². The summed E-state index contributed by atoms with van der Waals surface area (Å²) in [5.41, 5.74) is 0. The van der Waals surface area contributed by atoms with Crippen molar-refractivity contribution in [3.05, 3.63) is 0 Å². The SMILES string of the molecule is CCNC(=NCC1CN(C)CCN1C)N1CCSC2(CCCCC2)C1. The number of rotatable bonds is 3. The lowest BCUT2D eigenvalue weighted by molar-refractivity contribution is 0.119. The molecule has 6 heteroatoms. The van der Waals surface area contributed by atoms with Gasteiger partial charge in [-0.1, -0.05) is 19.3 Å². The first-order valence-electron chi connectivity index (χ1n) is 10.2. The van der Waals surface area contributed by atoms with Gasteiger partial charge >= 0.3 is 0 Å². The molecule has 5 nitrogen and oxygen atoms in total. The van der Waals surface area contributed by atoms with E-state index in [2.05, 4.69) is 52.8 Å². The summed E-state index contributed by atoms with van der Waals surface area (Å²) in [5, 5.41) is 3.57. The fourth-order valence-electron chi connectivity index (χ4n) is 4.44. The third-order valence-corrected chi connectivity index (χ3v) is 7.62. The number of hydrogen-bond donors (Lipinski definition) is 1. The fourth-order valence-corrected chi connectivity index (χ4v) is 6.01. The minimum Gasteiger partial charge on any atom is -0.357 e. The average molecular weight is 368 g/mol. The van der Waals surface area contributed by atoms with Crippen molar-refractivity contribution in [1.82, 2.24) is 20.0 Å². The Bertz CT molecular complexity index is 444. The highest BCUT2D eigenvalue weighted by Gasteiger charge is 2.38. The minimum absolute atomic E-state index is 0.495. The second kappa shape index (κ2) is 8.96. The molecule has 0 bridgehead atoms. The average Bonchev–Trinajstić information content (AvgIpc) is 2.62. The molecule has 1 aliphatic carbocycles. The molecule has 1 spiro atoms. The summed E-state index contributed by atoms with van der Waals surface area (Å²) in [4.78, 5) is 12.5. The van der Waals surface area contributed by atoms with Crippen LogP contribution < -0.4 is 5.32 Å². The topological polar surface area (TPSA) is 34.1 Å². The third-order valence-electron chi connectivity index (χ3n) is 6.08. The van der Waals surface area contributed by atoms with E-state index in [-0.39, 0.29) is 0 Å². The fraction of sp³-hybridized carbons (Fsp3) is 0.947. The molecule has 0 aromatic rings. The van der Waals surface area contributed by atoms with Gasteiger partial charge in [-0.05, 0) is 33.9 Å². The Morgan fingerprint density at radius 2 is 1.96 bits per heavy atom. The van der Waals surface area contributed by atoms with Gasteiger partial charge in [0, 0.05) is 55.8 Å². The molecule has 3 fully saturated rings. The molecule has 1 atom stereocenters. The first kappa shape index (κ1) is 19.3. The van der Waals surface area contributed by atoms with Gasteiger partial charge in [-0.3, -0.25) is 9.89 Å². The monoisotopic (exact) mass is 367 g/mol.